The third-order valence-electron chi connectivity index (χ3n) is 2.62. The van der Waals surface area contributed by atoms with Crippen LogP contribution in [0.1, 0.15) is 32.0 Å². The van der Waals surface area contributed by atoms with Gasteiger partial charge < -0.3 is 5.32 Å². The Morgan fingerprint density at radius 3 is 2.56 bits per heavy atom. The molecule has 1 N–H and O–H groups in total. The lowest BCUT2D eigenvalue weighted by Gasteiger charge is -2.20. The normalized spacial score (nSPS) is 13.8. The molecule has 4 nitrogen and oxygen atoms in total. The van der Waals surface area contributed by atoms with Gasteiger partial charge in [-0.15, -0.1) is 0 Å². The van der Waals surface area contributed by atoms with E-state index in [2.05, 4.69) is 24.1 Å². The molecule has 5 heteroatoms. The predicted molar refractivity (Wildman–Crippen MR) is 74.1 cm³/mol. The largest absolute Gasteiger partial charge is 0.308 e. The molecule has 18 heavy (non-hydrogen) atoms. The van der Waals surface area contributed by atoms with Crippen molar-refractivity contribution in [1.29, 1.82) is 0 Å². The Hall–Kier alpha value is -0.940. The molecule has 0 saturated carbocycles. The average molecular weight is 270 g/mol. The van der Waals surface area contributed by atoms with Gasteiger partial charge in [-0.05, 0) is 24.5 Å². The van der Waals surface area contributed by atoms with E-state index < -0.39 is 9.84 Å². The molecule has 0 aromatic carbocycles. The molecule has 102 valence electrons. The van der Waals surface area contributed by atoms with Gasteiger partial charge in [0.05, 0.1) is 11.4 Å². The molecule has 0 aliphatic rings. The summed E-state index contributed by atoms with van der Waals surface area (Å²) in [4.78, 5) is 4.34. The van der Waals surface area contributed by atoms with Crippen LogP contribution in [0.25, 0.3) is 0 Å². The van der Waals surface area contributed by atoms with E-state index in [1.54, 1.807) is 6.20 Å². The van der Waals surface area contributed by atoms with E-state index in [9.17, 15) is 8.42 Å². The van der Waals surface area contributed by atoms with E-state index >= 15 is 0 Å². The summed E-state index contributed by atoms with van der Waals surface area (Å²) in [6, 6.07) is 5.92. The molecule has 0 bridgehead atoms. The Morgan fingerprint density at radius 1 is 1.33 bits per heavy atom. The maximum absolute atomic E-state index is 11.1. The van der Waals surface area contributed by atoms with Gasteiger partial charge in [0, 0.05) is 25.0 Å². The second-order valence-electron chi connectivity index (χ2n) is 5.02. The average Bonchev–Trinajstić information content (AvgIpc) is 2.27. The molecule has 1 aromatic rings. The van der Waals surface area contributed by atoms with Crippen LogP contribution < -0.4 is 5.32 Å². The Balaban J connectivity index is 2.62. The minimum Gasteiger partial charge on any atom is -0.308 e. The molecule has 0 fully saturated rings. The summed E-state index contributed by atoms with van der Waals surface area (Å²) < 4.78 is 22.2. The van der Waals surface area contributed by atoms with Crippen molar-refractivity contribution in [1.82, 2.24) is 10.3 Å². The number of rotatable bonds is 7. The molecule has 0 saturated heterocycles. The van der Waals surface area contributed by atoms with E-state index in [1.807, 2.05) is 18.2 Å². The van der Waals surface area contributed by atoms with Crippen LogP contribution >= 0.6 is 0 Å². The third-order valence-corrected chi connectivity index (χ3v) is 3.56. The molecule has 1 heterocycles. The van der Waals surface area contributed by atoms with Crippen LogP contribution in [-0.2, 0) is 9.84 Å². The maximum atomic E-state index is 11.1. The molecule has 0 aliphatic heterocycles. The van der Waals surface area contributed by atoms with E-state index in [4.69, 9.17) is 0 Å². The summed E-state index contributed by atoms with van der Waals surface area (Å²) in [6.45, 7) is 4.76. The van der Waals surface area contributed by atoms with Crippen molar-refractivity contribution in [2.75, 3.05) is 18.6 Å². The summed E-state index contributed by atoms with van der Waals surface area (Å²) in [6.07, 6.45) is 3.97. The zero-order valence-corrected chi connectivity index (χ0v) is 12.1. The lowest BCUT2D eigenvalue weighted by molar-refractivity contribution is 0.430. The molecule has 0 aliphatic carbocycles. The van der Waals surface area contributed by atoms with Gasteiger partial charge in [-0.2, -0.15) is 0 Å². The SMILES string of the molecule is CC(C)C[C@H](NCCS(C)(=O)=O)c1ccccn1. The molecule has 1 aromatic heterocycles. The number of hydrogen-bond acceptors (Lipinski definition) is 4. The van der Waals surface area contributed by atoms with Crippen LogP contribution in [0.4, 0.5) is 0 Å². The highest BCUT2D eigenvalue weighted by Gasteiger charge is 2.14. The fourth-order valence-electron chi connectivity index (χ4n) is 1.78. The molecule has 0 amide bonds. The fraction of sp³-hybridized carbons (Fsp3) is 0.615. The van der Waals surface area contributed by atoms with Crippen LogP contribution in [0.2, 0.25) is 0 Å². The number of hydrogen-bond donors (Lipinski definition) is 1. The Labute approximate surface area is 110 Å². The first kappa shape index (κ1) is 15.1. The van der Waals surface area contributed by atoms with Crippen LogP contribution in [-0.4, -0.2) is 32.0 Å². The van der Waals surface area contributed by atoms with Crippen molar-refractivity contribution in [3.63, 3.8) is 0 Å². The summed E-state index contributed by atoms with van der Waals surface area (Å²) in [5, 5.41) is 3.28. The number of aromatic nitrogens is 1. The van der Waals surface area contributed by atoms with E-state index in [0.29, 0.717) is 12.5 Å². The van der Waals surface area contributed by atoms with Crippen LogP contribution in [0.5, 0.6) is 0 Å². The summed E-state index contributed by atoms with van der Waals surface area (Å²) in [5.74, 6) is 0.691. The lowest BCUT2D eigenvalue weighted by atomic mass is 10.0. The van der Waals surface area contributed by atoms with Gasteiger partial charge in [0.2, 0.25) is 0 Å². The molecular weight excluding hydrogens is 248 g/mol. The molecule has 1 rings (SSSR count). The lowest BCUT2D eigenvalue weighted by Crippen LogP contribution is -2.28. The second-order valence-corrected chi connectivity index (χ2v) is 7.28. The zero-order chi connectivity index (χ0) is 13.6. The van der Waals surface area contributed by atoms with Crippen molar-refractivity contribution in [3.8, 4) is 0 Å². The first-order valence-corrected chi connectivity index (χ1v) is 8.26. The maximum Gasteiger partial charge on any atom is 0.148 e. The smallest absolute Gasteiger partial charge is 0.148 e. The first-order valence-electron chi connectivity index (χ1n) is 6.20. The van der Waals surface area contributed by atoms with Gasteiger partial charge in [-0.1, -0.05) is 19.9 Å². The zero-order valence-electron chi connectivity index (χ0n) is 11.3. The van der Waals surface area contributed by atoms with Crippen LogP contribution in [0.3, 0.4) is 0 Å². The quantitative estimate of drug-likeness (QED) is 0.821. The molecule has 0 unspecified atom stereocenters. The minimum absolute atomic E-state index is 0.118. The molecule has 1 atom stereocenters. The van der Waals surface area contributed by atoms with Crippen molar-refractivity contribution in [3.05, 3.63) is 30.1 Å². The van der Waals surface area contributed by atoms with Gasteiger partial charge in [0.25, 0.3) is 0 Å². The summed E-state index contributed by atoms with van der Waals surface area (Å²) in [5.41, 5.74) is 0.972. The van der Waals surface area contributed by atoms with Crippen molar-refractivity contribution < 1.29 is 8.42 Å². The number of sulfone groups is 1. The first-order chi connectivity index (χ1) is 8.38. The van der Waals surface area contributed by atoms with Gasteiger partial charge in [-0.3, -0.25) is 4.98 Å². The topological polar surface area (TPSA) is 59.1 Å². The Bertz CT molecular complexity index is 443. The van der Waals surface area contributed by atoms with Crippen molar-refractivity contribution in [2.45, 2.75) is 26.3 Å². The molecule has 0 radical (unpaired) electrons. The number of nitrogens with one attached hydrogen (secondary N) is 1. The standard InChI is InChI=1S/C13H22N2O2S/c1-11(2)10-13(12-6-4-5-7-14-12)15-8-9-18(3,16)17/h4-7,11,13,15H,8-10H2,1-3H3/t13-/m0/s1. The van der Waals surface area contributed by atoms with Crippen LogP contribution in [0, 0.1) is 5.92 Å². The summed E-state index contributed by atoms with van der Waals surface area (Å²) in [7, 11) is -2.91. The van der Waals surface area contributed by atoms with Gasteiger partial charge in [-0.25, -0.2) is 8.42 Å². The van der Waals surface area contributed by atoms with Crippen LogP contribution in [0.15, 0.2) is 24.4 Å². The van der Waals surface area contributed by atoms with Gasteiger partial charge in [0.1, 0.15) is 9.84 Å². The third kappa shape index (κ3) is 6.12. The number of nitrogens with zero attached hydrogens (tertiary/aromatic N) is 1. The fourth-order valence-corrected chi connectivity index (χ4v) is 2.27. The predicted octanol–water partition coefficient (Wildman–Crippen LogP) is 1.80. The van der Waals surface area contributed by atoms with Gasteiger partial charge in [0.15, 0.2) is 0 Å². The number of pyridine rings is 1. The van der Waals surface area contributed by atoms with Crippen molar-refractivity contribution >= 4 is 9.84 Å². The Morgan fingerprint density at radius 2 is 2.06 bits per heavy atom. The highest BCUT2D eigenvalue weighted by atomic mass is 32.2. The van der Waals surface area contributed by atoms with E-state index in [0.717, 1.165) is 12.1 Å². The second kappa shape index (κ2) is 6.85. The monoisotopic (exact) mass is 270 g/mol. The molecular formula is C13H22N2O2S. The summed E-state index contributed by atoms with van der Waals surface area (Å²) >= 11 is 0. The Kier molecular flexibility index (Phi) is 5.75. The van der Waals surface area contributed by atoms with E-state index in [1.165, 1.54) is 6.26 Å². The van der Waals surface area contributed by atoms with E-state index in [-0.39, 0.29) is 11.8 Å². The highest BCUT2D eigenvalue weighted by molar-refractivity contribution is 7.90. The van der Waals surface area contributed by atoms with Crippen molar-refractivity contribution in [2.24, 2.45) is 5.92 Å². The minimum atomic E-state index is -2.91. The highest BCUT2D eigenvalue weighted by Crippen LogP contribution is 2.18. The van der Waals surface area contributed by atoms with Gasteiger partial charge >= 0.3 is 0 Å². The molecule has 0 spiro atoms.